The highest BCUT2D eigenvalue weighted by molar-refractivity contribution is 5.80. The molecule has 20 heavy (non-hydrogen) atoms. The molecule has 2 fully saturated rings. The third-order valence-electron chi connectivity index (χ3n) is 3.89. The van der Waals surface area contributed by atoms with Crippen LogP contribution in [0.2, 0.25) is 0 Å². The summed E-state index contributed by atoms with van der Waals surface area (Å²) in [6, 6.07) is -1.90. The summed E-state index contributed by atoms with van der Waals surface area (Å²) in [5, 5.41) is 13.2. The van der Waals surface area contributed by atoms with Crippen LogP contribution in [0.25, 0.3) is 0 Å². The van der Waals surface area contributed by atoms with Crippen LogP contribution in [0.3, 0.4) is 0 Å². The summed E-state index contributed by atoms with van der Waals surface area (Å²) in [6.07, 6.45) is -4.84. The number of amides is 2. The van der Waals surface area contributed by atoms with Gasteiger partial charge in [-0.2, -0.15) is 13.2 Å². The molecule has 2 atom stereocenters. The standard InChI is InChI=1S/C11H15F3N2O4/c1-9(7(17)18)5-20-4-6(9)15-8(19)16-10(2-3-10)11(12,13)14/h6H,2-5H2,1H3,(H,17,18)(H2,15,16,19). The zero-order valence-electron chi connectivity index (χ0n) is 10.7. The Hall–Kier alpha value is -1.51. The number of carboxylic acids is 1. The Balaban J connectivity index is 1.97. The molecule has 114 valence electrons. The number of ether oxygens (including phenoxy) is 1. The second-order valence-corrected chi connectivity index (χ2v) is 5.47. The lowest BCUT2D eigenvalue weighted by molar-refractivity contribution is -0.163. The van der Waals surface area contributed by atoms with Crippen molar-refractivity contribution >= 4 is 12.0 Å². The van der Waals surface area contributed by atoms with Crippen molar-refractivity contribution < 1.29 is 32.6 Å². The largest absolute Gasteiger partial charge is 0.481 e. The SMILES string of the molecule is CC1(C(=O)O)COCC1NC(=O)NC1(C(F)(F)F)CC1. The van der Waals surface area contributed by atoms with Gasteiger partial charge in [0.2, 0.25) is 0 Å². The Bertz CT molecular complexity index is 436. The average Bonchev–Trinajstić information content (AvgIpc) is 2.99. The fraction of sp³-hybridized carbons (Fsp3) is 0.818. The van der Waals surface area contributed by atoms with E-state index in [9.17, 15) is 22.8 Å². The van der Waals surface area contributed by atoms with Gasteiger partial charge in [0.15, 0.2) is 0 Å². The summed E-state index contributed by atoms with van der Waals surface area (Å²) in [6.45, 7) is 1.23. The molecule has 1 aliphatic carbocycles. The van der Waals surface area contributed by atoms with Crippen LogP contribution in [0.4, 0.5) is 18.0 Å². The number of hydrogen-bond donors (Lipinski definition) is 3. The van der Waals surface area contributed by atoms with Gasteiger partial charge >= 0.3 is 18.2 Å². The van der Waals surface area contributed by atoms with Crippen LogP contribution in [0.1, 0.15) is 19.8 Å². The van der Waals surface area contributed by atoms with Crippen molar-refractivity contribution in [3.05, 3.63) is 0 Å². The van der Waals surface area contributed by atoms with Crippen LogP contribution in [0.5, 0.6) is 0 Å². The van der Waals surface area contributed by atoms with Crippen LogP contribution in [0.15, 0.2) is 0 Å². The predicted molar refractivity (Wildman–Crippen MR) is 60.0 cm³/mol. The third kappa shape index (κ3) is 2.41. The van der Waals surface area contributed by atoms with Crippen molar-refractivity contribution in [2.45, 2.75) is 37.5 Å². The summed E-state index contributed by atoms with van der Waals surface area (Å²) >= 11 is 0. The lowest BCUT2D eigenvalue weighted by Gasteiger charge is -2.27. The fourth-order valence-corrected chi connectivity index (χ4v) is 2.10. The Kier molecular flexibility index (Phi) is 3.35. The molecule has 0 spiro atoms. The first-order valence-corrected chi connectivity index (χ1v) is 6.07. The monoisotopic (exact) mass is 296 g/mol. The normalized spacial score (nSPS) is 31.7. The molecule has 1 heterocycles. The Morgan fingerprint density at radius 1 is 1.35 bits per heavy atom. The summed E-state index contributed by atoms with van der Waals surface area (Å²) in [5.74, 6) is -1.17. The predicted octanol–water partition coefficient (Wildman–Crippen LogP) is 0.870. The van der Waals surface area contributed by atoms with Crippen molar-refractivity contribution in [1.82, 2.24) is 10.6 Å². The number of carbonyl (C=O) groups excluding carboxylic acids is 1. The minimum Gasteiger partial charge on any atom is -0.481 e. The fourth-order valence-electron chi connectivity index (χ4n) is 2.10. The average molecular weight is 296 g/mol. The maximum absolute atomic E-state index is 12.7. The van der Waals surface area contributed by atoms with E-state index in [2.05, 4.69) is 5.32 Å². The maximum atomic E-state index is 12.7. The van der Waals surface area contributed by atoms with Gasteiger partial charge in [-0.3, -0.25) is 4.79 Å². The highest BCUT2D eigenvalue weighted by atomic mass is 19.4. The number of urea groups is 1. The molecule has 0 aromatic rings. The number of carboxylic acid groups (broad SMARTS) is 1. The number of nitrogens with one attached hydrogen (secondary N) is 2. The van der Waals surface area contributed by atoms with E-state index in [-0.39, 0.29) is 26.1 Å². The van der Waals surface area contributed by atoms with Crippen molar-refractivity contribution in [1.29, 1.82) is 0 Å². The number of halogens is 3. The first-order valence-electron chi connectivity index (χ1n) is 6.07. The van der Waals surface area contributed by atoms with Crippen molar-refractivity contribution in [2.75, 3.05) is 13.2 Å². The molecule has 0 bridgehead atoms. The highest BCUT2D eigenvalue weighted by Gasteiger charge is 2.64. The lowest BCUT2D eigenvalue weighted by atomic mass is 9.85. The number of rotatable bonds is 3. The molecule has 1 saturated heterocycles. The topological polar surface area (TPSA) is 87.7 Å². The number of alkyl halides is 3. The quantitative estimate of drug-likeness (QED) is 0.721. The smallest absolute Gasteiger partial charge is 0.411 e. The van der Waals surface area contributed by atoms with Crippen LogP contribution >= 0.6 is 0 Å². The van der Waals surface area contributed by atoms with E-state index in [0.29, 0.717) is 0 Å². The minimum atomic E-state index is -4.51. The van der Waals surface area contributed by atoms with Gasteiger partial charge in [-0.05, 0) is 19.8 Å². The van der Waals surface area contributed by atoms with E-state index in [4.69, 9.17) is 9.84 Å². The second kappa shape index (κ2) is 4.51. The van der Waals surface area contributed by atoms with E-state index < -0.39 is 35.2 Å². The second-order valence-electron chi connectivity index (χ2n) is 5.47. The van der Waals surface area contributed by atoms with Crippen LogP contribution in [-0.4, -0.2) is 48.1 Å². The molecule has 9 heteroatoms. The molecule has 2 amide bonds. The number of hydrogen-bond acceptors (Lipinski definition) is 3. The molecule has 6 nitrogen and oxygen atoms in total. The molecule has 1 saturated carbocycles. The van der Waals surface area contributed by atoms with Crippen LogP contribution in [-0.2, 0) is 9.53 Å². The number of aliphatic carboxylic acids is 1. The summed E-state index contributed by atoms with van der Waals surface area (Å²) in [5.41, 5.74) is -3.51. The van der Waals surface area contributed by atoms with Crippen molar-refractivity contribution in [3.63, 3.8) is 0 Å². The molecular weight excluding hydrogens is 281 g/mol. The minimum absolute atomic E-state index is 0.0464. The van der Waals surface area contributed by atoms with E-state index >= 15 is 0 Å². The van der Waals surface area contributed by atoms with E-state index in [1.807, 2.05) is 5.32 Å². The molecule has 3 N–H and O–H groups in total. The molecule has 0 aromatic heterocycles. The third-order valence-corrected chi connectivity index (χ3v) is 3.89. The van der Waals surface area contributed by atoms with Gasteiger partial charge in [0.1, 0.15) is 11.0 Å². The van der Waals surface area contributed by atoms with E-state index in [1.165, 1.54) is 6.92 Å². The first kappa shape index (κ1) is 14.9. The number of carbonyl (C=O) groups is 2. The van der Waals surface area contributed by atoms with E-state index in [0.717, 1.165) is 0 Å². The van der Waals surface area contributed by atoms with Gasteiger partial charge in [0, 0.05) is 0 Å². The van der Waals surface area contributed by atoms with Crippen LogP contribution in [0, 0.1) is 5.41 Å². The van der Waals surface area contributed by atoms with Gasteiger partial charge in [-0.25, -0.2) is 4.79 Å². The lowest BCUT2D eigenvalue weighted by Crippen LogP contribution is -2.57. The highest BCUT2D eigenvalue weighted by Crippen LogP contribution is 2.48. The van der Waals surface area contributed by atoms with Gasteiger partial charge in [-0.1, -0.05) is 0 Å². The molecule has 2 aliphatic rings. The molecule has 2 rings (SSSR count). The van der Waals surface area contributed by atoms with E-state index in [1.54, 1.807) is 0 Å². The molecule has 2 unspecified atom stereocenters. The Morgan fingerprint density at radius 2 is 1.95 bits per heavy atom. The van der Waals surface area contributed by atoms with Gasteiger partial charge in [-0.15, -0.1) is 0 Å². The van der Waals surface area contributed by atoms with Gasteiger partial charge in [0.05, 0.1) is 19.3 Å². The van der Waals surface area contributed by atoms with Crippen molar-refractivity contribution in [2.24, 2.45) is 5.41 Å². The van der Waals surface area contributed by atoms with Gasteiger partial charge < -0.3 is 20.5 Å². The molecule has 0 radical (unpaired) electrons. The van der Waals surface area contributed by atoms with Gasteiger partial charge in [0.25, 0.3) is 0 Å². The zero-order chi connectivity index (χ0) is 15.2. The van der Waals surface area contributed by atoms with Crippen LogP contribution < -0.4 is 10.6 Å². The van der Waals surface area contributed by atoms with Crippen molar-refractivity contribution in [3.8, 4) is 0 Å². The zero-order valence-corrected chi connectivity index (χ0v) is 10.7. The summed E-state index contributed by atoms with van der Waals surface area (Å²) in [7, 11) is 0. The Labute approximate surface area is 112 Å². The maximum Gasteiger partial charge on any atom is 0.411 e. The summed E-state index contributed by atoms with van der Waals surface area (Å²) < 4.78 is 43.1. The summed E-state index contributed by atoms with van der Waals surface area (Å²) in [4.78, 5) is 22.8. The molecule has 1 aliphatic heterocycles. The molecule has 0 aromatic carbocycles. The Morgan fingerprint density at radius 3 is 2.40 bits per heavy atom. The molecular formula is C11H15F3N2O4. The first-order chi connectivity index (χ1) is 9.11.